The molecule has 2 aromatic carbocycles. The van der Waals surface area contributed by atoms with Crippen molar-refractivity contribution in [2.24, 2.45) is 0 Å². The summed E-state index contributed by atoms with van der Waals surface area (Å²) in [4.78, 5) is 11.8. The number of rotatable bonds is 2. The van der Waals surface area contributed by atoms with Gasteiger partial charge in [0, 0.05) is 22.0 Å². The van der Waals surface area contributed by atoms with E-state index in [4.69, 9.17) is 29.6 Å². The number of nitrogens with one attached hydrogen (secondary N) is 3. The minimum Gasteiger partial charge on any atom is -0.399 e. The second-order valence-corrected chi connectivity index (χ2v) is 5.01. The first-order valence-electron chi connectivity index (χ1n) is 6.03. The zero-order valence-corrected chi connectivity index (χ0v) is 12.5. The smallest absolute Gasteiger partial charge is 0.269 e. The average Bonchev–Trinajstić information content (AvgIpc) is 2.48. The van der Waals surface area contributed by atoms with Crippen LogP contribution in [0.25, 0.3) is 0 Å². The molecule has 2 rings (SSSR count). The standard InChI is InChI=1S/C14H13ClN4OS/c15-10-3-7-12(8-4-10)17-14(21)19-18-13(20)9-1-5-11(16)6-2-9/h1-8H,16H2,(H,18,20)(H2,17,19,21). The van der Waals surface area contributed by atoms with Crippen molar-refractivity contribution >= 4 is 46.2 Å². The van der Waals surface area contributed by atoms with E-state index in [1.165, 1.54) is 0 Å². The van der Waals surface area contributed by atoms with Crippen molar-refractivity contribution in [1.29, 1.82) is 0 Å². The second kappa shape index (κ2) is 6.92. The summed E-state index contributed by atoms with van der Waals surface area (Å²) in [6.07, 6.45) is 0. The largest absolute Gasteiger partial charge is 0.399 e. The Kier molecular flexibility index (Phi) is 4.97. The van der Waals surface area contributed by atoms with Crippen LogP contribution in [-0.2, 0) is 0 Å². The molecule has 0 fully saturated rings. The molecule has 7 heteroatoms. The van der Waals surface area contributed by atoms with Crippen LogP contribution in [0.5, 0.6) is 0 Å². The number of hydrogen-bond donors (Lipinski definition) is 4. The molecule has 0 saturated carbocycles. The van der Waals surface area contributed by atoms with Gasteiger partial charge in [-0.15, -0.1) is 0 Å². The first-order valence-corrected chi connectivity index (χ1v) is 6.81. The third-order valence-corrected chi connectivity index (χ3v) is 3.02. The number of carbonyl (C=O) groups is 1. The van der Waals surface area contributed by atoms with Crippen LogP contribution in [0.15, 0.2) is 48.5 Å². The molecule has 0 aromatic heterocycles. The molecule has 2 aromatic rings. The summed E-state index contributed by atoms with van der Waals surface area (Å²) in [5, 5.41) is 3.81. The van der Waals surface area contributed by atoms with Crippen molar-refractivity contribution in [2.75, 3.05) is 11.1 Å². The van der Waals surface area contributed by atoms with E-state index in [0.717, 1.165) is 5.69 Å². The summed E-state index contributed by atoms with van der Waals surface area (Å²) < 4.78 is 0. The Hall–Kier alpha value is -2.31. The second-order valence-electron chi connectivity index (χ2n) is 4.16. The van der Waals surface area contributed by atoms with Gasteiger partial charge in [0.2, 0.25) is 0 Å². The molecule has 0 bridgehead atoms. The number of hydrogen-bond acceptors (Lipinski definition) is 3. The van der Waals surface area contributed by atoms with E-state index in [2.05, 4.69) is 16.2 Å². The highest BCUT2D eigenvalue weighted by molar-refractivity contribution is 7.80. The van der Waals surface area contributed by atoms with E-state index >= 15 is 0 Å². The number of nitrogens with two attached hydrogens (primary N) is 1. The Morgan fingerprint density at radius 1 is 1.00 bits per heavy atom. The first-order chi connectivity index (χ1) is 10.0. The van der Waals surface area contributed by atoms with E-state index in [1.807, 2.05) is 0 Å². The molecule has 21 heavy (non-hydrogen) atoms. The summed E-state index contributed by atoms with van der Waals surface area (Å²) in [6.45, 7) is 0. The maximum Gasteiger partial charge on any atom is 0.269 e. The lowest BCUT2D eigenvalue weighted by molar-refractivity contribution is 0.0944. The van der Waals surface area contributed by atoms with E-state index < -0.39 is 0 Å². The predicted octanol–water partition coefficient (Wildman–Crippen LogP) is 2.55. The third kappa shape index (κ3) is 4.62. The lowest BCUT2D eigenvalue weighted by Crippen LogP contribution is -2.43. The zero-order chi connectivity index (χ0) is 15.2. The molecular formula is C14H13ClN4OS. The van der Waals surface area contributed by atoms with E-state index in [-0.39, 0.29) is 11.0 Å². The van der Waals surface area contributed by atoms with Gasteiger partial charge in [0.15, 0.2) is 5.11 Å². The van der Waals surface area contributed by atoms with Gasteiger partial charge in [-0.3, -0.25) is 15.6 Å². The fourth-order valence-corrected chi connectivity index (χ4v) is 1.81. The number of hydrazine groups is 1. The zero-order valence-electron chi connectivity index (χ0n) is 10.9. The van der Waals surface area contributed by atoms with Crippen LogP contribution in [0.3, 0.4) is 0 Å². The summed E-state index contributed by atoms with van der Waals surface area (Å²) in [5.41, 5.74) is 12.5. The van der Waals surface area contributed by atoms with Gasteiger partial charge in [0.1, 0.15) is 0 Å². The molecular weight excluding hydrogens is 308 g/mol. The van der Waals surface area contributed by atoms with Crippen molar-refractivity contribution in [3.05, 3.63) is 59.1 Å². The summed E-state index contributed by atoms with van der Waals surface area (Å²) in [7, 11) is 0. The van der Waals surface area contributed by atoms with Gasteiger partial charge < -0.3 is 11.1 Å². The van der Waals surface area contributed by atoms with Crippen molar-refractivity contribution in [1.82, 2.24) is 10.9 Å². The lowest BCUT2D eigenvalue weighted by atomic mass is 10.2. The van der Waals surface area contributed by atoms with Crippen molar-refractivity contribution in [2.45, 2.75) is 0 Å². The molecule has 0 radical (unpaired) electrons. The van der Waals surface area contributed by atoms with Crippen LogP contribution in [0, 0.1) is 0 Å². The van der Waals surface area contributed by atoms with Gasteiger partial charge in [0.25, 0.3) is 5.91 Å². The molecule has 0 unspecified atom stereocenters. The molecule has 0 aliphatic heterocycles. The van der Waals surface area contributed by atoms with Gasteiger partial charge >= 0.3 is 0 Å². The summed E-state index contributed by atoms with van der Waals surface area (Å²) in [5.74, 6) is -0.310. The fourth-order valence-electron chi connectivity index (χ4n) is 1.52. The maximum absolute atomic E-state index is 11.8. The molecule has 0 spiro atoms. The lowest BCUT2D eigenvalue weighted by Gasteiger charge is -2.11. The van der Waals surface area contributed by atoms with E-state index in [9.17, 15) is 4.79 Å². The molecule has 0 aliphatic carbocycles. The van der Waals surface area contributed by atoms with E-state index in [0.29, 0.717) is 16.3 Å². The van der Waals surface area contributed by atoms with Crippen molar-refractivity contribution in [3.8, 4) is 0 Å². The number of benzene rings is 2. The molecule has 0 atom stereocenters. The Balaban J connectivity index is 1.84. The minimum absolute atomic E-state index is 0.265. The minimum atomic E-state index is -0.310. The Labute approximate surface area is 132 Å². The van der Waals surface area contributed by atoms with Crippen LogP contribution in [0.2, 0.25) is 5.02 Å². The highest BCUT2D eigenvalue weighted by atomic mass is 35.5. The predicted molar refractivity (Wildman–Crippen MR) is 89.1 cm³/mol. The quantitative estimate of drug-likeness (QED) is 0.388. The number of nitrogen functional groups attached to an aromatic ring is 1. The molecule has 0 saturated heterocycles. The highest BCUT2D eigenvalue weighted by Gasteiger charge is 2.05. The summed E-state index contributed by atoms with van der Waals surface area (Å²) in [6, 6.07) is 13.6. The van der Waals surface area contributed by atoms with Gasteiger partial charge in [0.05, 0.1) is 0 Å². The van der Waals surface area contributed by atoms with Crippen LogP contribution in [0.1, 0.15) is 10.4 Å². The van der Waals surface area contributed by atoms with Crippen LogP contribution in [0.4, 0.5) is 11.4 Å². The average molecular weight is 321 g/mol. The summed E-state index contributed by atoms with van der Waals surface area (Å²) >= 11 is 10.9. The fraction of sp³-hybridized carbons (Fsp3) is 0. The Morgan fingerprint density at radius 2 is 1.62 bits per heavy atom. The molecule has 1 amide bonds. The molecule has 108 valence electrons. The van der Waals surface area contributed by atoms with E-state index in [1.54, 1.807) is 48.5 Å². The molecule has 0 aliphatic rings. The number of thiocarbonyl (C=S) groups is 1. The van der Waals surface area contributed by atoms with Crippen molar-refractivity contribution < 1.29 is 4.79 Å². The molecule has 5 N–H and O–H groups in total. The normalized spacial score (nSPS) is 9.76. The first kappa shape index (κ1) is 15.1. The highest BCUT2D eigenvalue weighted by Crippen LogP contribution is 2.13. The Morgan fingerprint density at radius 3 is 2.24 bits per heavy atom. The molecule has 5 nitrogen and oxygen atoms in total. The number of anilines is 2. The number of carbonyl (C=O) groups excluding carboxylic acids is 1. The topological polar surface area (TPSA) is 79.2 Å². The van der Waals surface area contributed by atoms with Crippen LogP contribution in [-0.4, -0.2) is 11.0 Å². The van der Waals surface area contributed by atoms with Gasteiger partial charge in [-0.1, -0.05) is 11.6 Å². The Bertz CT molecular complexity index is 643. The van der Waals surface area contributed by atoms with Gasteiger partial charge in [-0.25, -0.2) is 0 Å². The molecule has 0 heterocycles. The number of halogens is 1. The van der Waals surface area contributed by atoms with Crippen LogP contribution >= 0.6 is 23.8 Å². The van der Waals surface area contributed by atoms with Gasteiger partial charge in [-0.05, 0) is 60.7 Å². The van der Waals surface area contributed by atoms with Crippen molar-refractivity contribution in [3.63, 3.8) is 0 Å². The maximum atomic E-state index is 11.8. The van der Waals surface area contributed by atoms with Gasteiger partial charge in [-0.2, -0.15) is 0 Å². The SMILES string of the molecule is Nc1ccc(C(=O)NNC(=S)Nc2ccc(Cl)cc2)cc1. The number of amides is 1. The van der Waals surface area contributed by atoms with Crippen LogP contribution < -0.4 is 21.9 Å². The monoisotopic (exact) mass is 320 g/mol. The third-order valence-electron chi connectivity index (χ3n) is 2.56.